The van der Waals surface area contributed by atoms with Crippen molar-refractivity contribution in [1.82, 2.24) is 0 Å². The third kappa shape index (κ3) is 4.17. The van der Waals surface area contributed by atoms with Crippen LogP contribution in [0.4, 0.5) is 0 Å². The molecule has 2 bridgehead atoms. The maximum atomic E-state index is 14.4. The average molecular weight is 517 g/mol. The molecule has 208 valence electrons. The quantitative estimate of drug-likeness (QED) is 0.305. The summed E-state index contributed by atoms with van der Waals surface area (Å²) in [5.74, 6) is -0.642. The maximum Gasteiger partial charge on any atom is 0.309 e. The number of aliphatic hydroxyl groups excluding tert-OH is 2. The Morgan fingerprint density at radius 2 is 1.89 bits per heavy atom. The summed E-state index contributed by atoms with van der Waals surface area (Å²) in [7, 11) is 0. The number of ether oxygens (including phenoxy) is 1. The number of carbonyl (C=O) groups excluding carboxylic acids is 2. The number of hydrogen-bond donors (Lipinski definition) is 3. The van der Waals surface area contributed by atoms with Gasteiger partial charge < -0.3 is 20.1 Å². The highest BCUT2D eigenvalue weighted by molar-refractivity contribution is 5.95. The van der Waals surface area contributed by atoms with Crippen LogP contribution in [0.15, 0.2) is 23.3 Å². The van der Waals surface area contributed by atoms with E-state index in [1.54, 1.807) is 19.1 Å². The van der Waals surface area contributed by atoms with Crippen molar-refractivity contribution in [3.63, 3.8) is 0 Å². The number of ketones is 1. The van der Waals surface area contributed by atoms with Crippen LogP contribution >= 0.6 is 0 Å². The number of aliphatic hydroxyl groups is 3. The lowest BCUT2D eigenvalue weighted by molar-refractivity contribution is -0.205. The van der Waals surface area contributed by atoms with Gasteiger partial charge in [0.15, 0.2) is 17.5 Å². The molecule has 0 aromatic carbocycles. The van der Waals surface area contributed by atoms with E-state index in [0.29, 0.717) is 23.8 Å². The molecule has 2 fully saturated rings. The highest BCUT2D eigenvalue weighted by Crippen LogP contribution is 2.71. The summed E-state index contributed by atoms with van der Waals surface area (Å²) in [4.78, 5) is 27.6. The maximum absolute atomic E-state index is 14.4. The lowest BCUT2D eigenvalue weighted by Gasteiger charge is -2.49. The number of allylic oxidation sites excluding steroid dienone is 1. The molecule has 0 amide bonds. The van der Waals surface area contributed by atoms with Gasteiger partial charge in [-0.3, -0.25) is 9.59 Å². The van der Waals surface area contributed by atoms with E-state index >= 15 is 0 Å². The highest BCUT2D eigenvalue weighted by Gasteiger charge is 2.76. The van der Waals surface area contributed by atoms with Crippen LogP contribution in [0.1, 0.15) is 87.0 Å². The zero-order valence-electron chi connectivity index (χ0n) is 23.8. The van der Waals surface area contributed by atoms with Gasteiger partial charge in [-0.1, -0.05) is 79.4 Å². The molecule has 0 aromatic rings. The summed E-state index contributed by atoms with van der Waals surface area (Å²) in [5.41, 5.74) is -2.65. The van der Waals surface area contributed by atoms with Crippen molar-refractivity contribution in [2.75, 3.05) is 6.61 Å². The first-order valence-electron chi connectivity index (χ1n) is 14.4. The number of esters is 1. The summed E-state index contributed by atoms with van der Waals surface area (Å²) in [6, 6.07) is 0. The Kier molecular flexibility index (Phi) is 7.64. The molecular weight excluding hydrogens is 468 g/mol. The number of rotatable bonds is 9. The molecule has 1 spiro atoms. The molecule has 0 radical (unpaired) electrons. The number of carbonyl (C=O) groups is 2. The first-order valence-corrected chi connectivity index (χ1v) is 14.4. The molecule has 4 aliphatic rings. The van der Waals surface area contributed by atoms with Crippen molar-refractivity contribution < 1.29 is 29.6 Å². The van der Waals surface area contributed by atoms with E-state index in [1.807, 2.05) is 13.8 Å². The molecule has 2 saturated carbocycles. The van der Waals surface area contributed by atoms with Gasteiger partial charge in [0.05, 0.1) is 17.9 Å². The zero-order valence-corrected chi connectivity index (χ0v) is 23.8. The van der Waals surface area contributed by atoms with E-state index in [0.717, 1.165) is 25.7 Å². The van der Waals surface area contributed by atoms with Crippen LogP contribution in [0.3, 0.4) is 0 Å². The molecule has 4 aliphatic carbocycles. The predicted octanol–water partition coefficient (Wildman–Crippen LogP) is 4.61. The molecule has 0 aliphatic heterocycles. The van der Waals surface area contributed by atoms with Crippen LogP contribution in [0.5, 0.6) is 0 Å². The Hall–Kier alpha value is -1.50. The second kappa shape index (κ2) is 9.91. The normalized spacial score (nSPS) is 41.4. The van der Waals surface area contributed by atoms with Gasteiger partial charge in [0.2, 0.25) is 0 Å². The molecule has 4 rings (SSSR count). The fourth-order valence-electron chi connectivity index (χ4n) is 8.35. The second-order valence-electron chi connectivity index (χ2n) is 13.4. The number of Topliss-reactive ketones (excluding diaryl/α,β-unsaturated/α-hetero) is 1. The van der Waals surface area contributed by atoms with Gasteiger partial charge in [-0.15, -0.1) is 0 Å². The van der Waals surface area contributed by atoms with Gasteiger partial charge in [-0.05, 0) is 60.0 Å². The average Bonchev–Trinajstić information content (AvgIpc) is 3.32. The molecular formula is C31H48O6. The molecule has 6 nitrogen and oxygen atoms in total. The Morgan fingerprint density at radius 1 is 1.22 bits per heavy atom. The van der Waals surface area contributed by atoms with E-state index in [2.05, 4.69) is 27.7 Å². The van der Waals surface area contributed by atoms with E-state index < -0.39 is 41.7 Å². The van der Waals surface area contributed by atoms with Gasteiger partial charge in [-0.25, -0.2) is 0 Å². The van der Waals surface area contributed by atoms with Gasteiger partial charge in [-0.2, -0.15) is 0 Å². The third-order valence-electron chi connectivity index (χ3n) is 10.6. The summed E-state index contributed by atoms with van der Waals surface area (Å²) in [6.45, 7) is 13.9. The second-order valence-corrected chi connectivity index (χ2v) is 13.4. The molecule has 0 heterocycles. The van der Waals surface area contributed by atoms with E-state index in [-0.39, 0.29) is 34.5 Å². The van der Waals surface area contributed by atoms with Crippen molar-refractivity contribution in [3.8, 4) is 0 Å². The molecule has 6 heteroatoms. The Morgan fingerprint density at radius 3 is 2.51 bits per heavy atom. The summed E-state index contributed by atoms with van der Waals surface area (Å²) >= 11 is 0. The van der Waals surface area contributed by atoms with E-state index in [9.17, 15) is 24.9 Å². The Balaban J connectivity index is 1.64. The van der Waals surface area contributed by atoms with Crippen LogP contribution in [-0.2, 0) is 14.3 Å². The van der Waals surface area contributed by atoms with Crippen molar-refractivity contribution >= 4 is 11.8 Å². The lowest BCUT2D eigenvalue weighted by atomic mass is 9.59. The van der Waals surface area contributed by atoms with Crippen LogP contribution in [0, 0.1) is 46.3 Å². The molecule has 37 heavy (non-hydrogen) atoms. The molecule has 2 unspecified atom stereocenters. The third-order valence-corrected chi connectivity index (χ3v) is 10.6. The fraction of sp³-hybridized carbons (Fsp3) is 0.806. The molecule has 3 N–H and O–H groups in total. The topological polar surface area (TPSA) is 104 Å². The monoisotopic (exact) mass is 516 g/mol. The summed E-state index contributed by atoms with van der Waals surface area (Å²) in [6.07, 6.45) is 6.54. The van der Waals surface area contributed by atoms with Crippen molar-refractivity contribution in [3.05, 3.63) is 23.3 Å². The summed E-state index contributed by atoms with van der Waals surface area (Å²) < 4.78 is 6.01. The van der Waals surface area contributed by atoms with Crippen LogP contribution in [0.25, 0.3) is 0 Å². The Bertz CT molecular complexity index is 980. The predicted molar refractivity (Wildman–Crippen MR) is 142 cm³/mol. The highest BCUT2D eigenvalue weighted by atomic mass is 16.6. The van der Waals surface area contributed by atoms with Crippen molar-refractivity contribution in [1.29, 1.82) is 0 Å². The largest absolute Gasteiger partial charge is 0.454 e. The Labute approximate surface area is 222 Å². The molecule has 10 atom stereocenters. The van der Waals surface area contributed by atoms with Gasteiger partial charge in [0, 0.05) is 5.92 Å². The minimum absolute atomic E-state index is 0.0199. The fourth-order valence-corrected chi connectivity index (χ4v) is 8.35. The minimum Gasteiger partial charge on any atom is -0.454 e. The first-order chi connectivity index (χ1) is 17.3. The standard InChI is InChI=1S/C31H48O6/c1-8-10-17(2)11-9-12-18(3)28(35)37-27-19(4)15-30-20(5)13-23-24(29(23,6)7)22(26(30)34)14-21(16-32)25(33)31(27,30)36/h14-15,17-18,20,22-25,27,32-33,36H,8-13,16H2,1-7H3/t17?,18?,20-,22+,23-,24+,25-,27+,30+,31+/m1/s1. The SMILES string of the molecule is CCCC(C)CCCC(C)C(=O)O[C@H]1C(C)=C[C@]23C(=O)[C@@H](C=C(CO)[C@@H](O)[C@]12O)[C@H]1[C@@H](C[C@H]3C)C1(C)C. The minimum atomic E-state index is -2.07. The summed E-state index contributed by atoms with van der Waals surface area (Å²) in [5, 5.41) is 34.3. The number of fused-ring (bicyclic) bond motifs is 3. The van der Waals surface area contributed by atoms with Crippen molar-refractivity contribution in [2.45, 2.75) is 105 Å². The van der Waals surface area contributed by atoms with Gasteiger partial charge in [0.25, 0.3) is 0 Å². The van der Waals surface area contributed by atoms with Crippen LogP contribution < -0.4 is 0 Å². The van der Waals surface area contributed by atoms with Crippen LogP contribution in [-0.4, -0.2) is 51.5 Å². The number of hydrogen-bond acceptors (Lipinski definition) is 6. The lowest BCUT2D eigenvalue weighted by Crippen LogP contribution is -2.66. The van der Waals surface area contributed by atoms with E-state index in [4.69, 9.17) is 4.74 Å². The molecule has 0 aromatic heterocycles. The molecule has 0 saturated heterocycles. The van der Waals surface area contributed by atoms with Crippen LogP contribution in [0.2, 0.25) is 0 Å². The smallest absolute Gasteiger partial charge is 0.309 e. The first kappa shape index (κ1) is 28.5. The zero-order chi connectivity index (χ0) is 27.5. The van der Waals surface area contributed by atoms with E-state index in [1.165, 1.54) is 6.42 Å². The van der Waals surface area contributed by atoms with Gasteiger partial charge >= 0.3 is 5.97 Å². The van der Waals surface area contributed by atoms with Crippen molar-refractivity contribution in [2.24, 2.45) is 46.3 Å². The van der Waals surface area contributed by atoms with Gasteiger partial charge in [0.1, 0.15) is 6.10 Å².